The fourth-order valence-corrected chi connectivity index (χ4v) is 3.18. The molecule has 0 aromatic carbocycles. The predicted octanol–water partition coefficient (Wildman–Crippen LogP) is -2.16. The van der Waals surface area contributed by atoms with Crippen LogP contribution < -0.4 is 0 Å². The van der Waals surface area contributed by atoms with Crippen molar-refractivity contribution in [3.8, 4) is 0 Å². The molecule has 0 aliphatic carbocycles. The van der Waals surface area contributed by atoms with Crippen LogP contribution in [-0.2, 0) is 14.4 Å². The standard InChI is InChI=1S/C17H32N4O7/c1-14(22)10-18-2-4-19(11-15(23)24)6-8-21(13-17(27)28)9-7-20(5-3-18)12-16(25)26/h14,22H,2-13H2,1H3,(H,23,24)(H,25,26)(H,27,28)/t14-/m0/s1. The summed E-state index contributed by atoms with van der Waals surface area (Å²) in [6.45, 7) is 5.10. The fourth-order valence-electron chi connectivity index (χ4n) is 3.18. The minimum atomic E-state index is -0.982. The molecule has 1 fully saturated rings. The summed E-state index contributed by atoms with van der Waals surface area (Å²) in [5, 5.41) is 37.1. The number of hydrogen-bond acceptors (Lipinski definition) is 8. The molecule has 0 bridgehead atoms. The number of aliphatic hydroxyl groups is 1. The first-order valence-electron chi connectivity index (χ1n) is 9.38. The van der Waals surface area contributed by atoms with Crippen molar-refractivity contribution in [3.63, 3.8) is 0 Å². The number of nitrogens with zero attached hydrogens (tertiary/aromatic N) is 4. The number of carboxylic acids is 3. The number of aliphatic hydroxyl groups excluding tert-OH is 1. The van der Waals surface area contributed by atoms with Gasteiger partial charge in [0.15, 0.2) is 0 Å². The maximum absolute atomic E-state index is 11.1. The minimum absolute atomic E-state index is 0.144. The molecule has 0 radical (unpaired) electrons. The minimum Gasteiger partial charge on any atom is -0.480 e. The molecule has 1 aliphatic heterocycles. The Morgan fingerprint density at radius 2 is 0.893 bits per heavy atom. The SMILES string of the molecule is C[C@H](O)CN1CCN(CC(=O)O)CCN(CC(=O)O)CCN(CC(=O)O)CC1. The second kappa shape index (κ2) is 12.6. The largest absolute Gasteiger partial charge is 0.480 e. The molecule has 0 amide bonds. The molecule has 1 heterocycles. The maximum Gasteiger partial charge on any atom is 0.317 e. The zero-order valence-electron chi connectivity index (χ0n) is 16.4. The number of β-amino-alcohol motifs (C(OH)–C–C–N with tert-alkyl or cyclic N) is 1. The molecule has 0 unspecified atom stereocenters. The monoisotopic (exact) mass is 404 g/mol. The van der Waals surface area contributed by atoms with Gasteiger partial charge >= 0.3 is 17.9 Å². The lowest BCUT2D eigenvalue weighted by Gasteiger charge is -2.33. The molecule has 0 spiro atoms. The van der Waals surface area contributed by atoms with E-state index in [0.717, 1.165) is 0 Å². The molecule has 11 heteroatoms. The summed E-state index contributed by atoms with van der Waals surface area (Å²) in [6, 6.07) is 0. The maximum atomic E-state index is 11.1. The number of aliphatic carboxylic acids is 3. The summed E-state index contributed by atoms with van der Waals surface area (Å²) >= 11 is 0. The molecule has 1 atom stereocenters. The molecule has 0 aromatic rings. The van der Waals surface area contributed by atoms with Crippen LogP contribution in [0.15, 0.2) is 0 Å². The van der Waals surface area contributed by atoms with Crippen LogP contribution in [0.2, 0.25) is 0 Å². The average Bonchev–Trinajstić information content (AvgIpc) is 2.55. The third-order valence-electron chi connectivity index (χ3n) is 4.53. The molecule has 0 saturated carbocycles. The smallest absolute Gasteiger partial charge is 0.317 e. The van der Waals surface area contributed by atoms with Gasteiger partial charge in [-0.05, 0) is 6.92 Å². The number of carbonyl (C=O) groups is 3. The number of carboxylic acid groups (broad SMARTS) is 3. The van der Waals surface area contributed by atoms with Crippen LogP contribution in [0.5, 0.6) is 0 Å². The summed E-state index contributed by atoms with van der Waals surface area (Å²) in [5.41, 5.74) is 0. The first-order chi connectivity index (χ1) is 13.2. The lowest BCUT2D eigenvalue weighted by molar-refractivity contribution is -0.140. The van der Waals surface area contributed by atoms with Crippen LogP contribution in [0.4, 0.5) is 0 Å². The highest BCUT2D eigenvalue weighted by Crippen LogP contribution is 2.02. The van der Waals surface area contributed by atoms with E-state index in [1.165, 1.54) is 0 Å². The van der Waals surface area contributed by atoms with E-state index in [9.17, 15) is 19.5 Å². The first kappa shape index (κ1) is 24.2. The van der Waals surface area contributed by atoms with E-state index in [4.69, 9.17) is 15.3 Å². The van der Waals surface area contributed by atoms with Gasteiger partial charge in [0, 0.05) is 58.9 Å². The third kappa shape index (κ3) is 11.1. The van der Waals surface area contributed by atoms with Crippen molar-refractivity contribution in [3.05, 3.63) is 0 Å². The van der Waals surface area contributed by atoms with E-state index in [1.807, 2.05) is 4.90 Å². The van der Waals surface area contributed by atoms with Gasteiger partial charge in [-0.25, -0.2) is 0 Å². The van der Waals surface area contributed by atoms with Gasteiger partial charge in [0.25, 0.3) is 0 Å². The molecule has 1 aliphatic rings. The van der Waals surface area contributed by atoms with Gasteiger partial charge in [-0.1, -0.05) is 0 Å². The second-order valence-electron chi connectivity index (χ2n) is 7.16. The van der Waals surface area contributed by atoms with E-state index in [-0.39, 0.29) is 19.6 Å². The van der Waals surface area contributed by atoms with Gasteiger partial charge in [-0.3, -0.25) is 34.0 Å². The van der Waals surface area contributed by atoms with Crippen molar-refractivity contribution in [1.29, 1.82) is 0 Å². The third-order valence-corrected chi connectivity index (χ3v) is 4.53. The lowest BCUT2D eigenvalue weighted by atomic mass is 10.3. The number of hydrogen-bond donors (Lipinski definition) is 4. The highest BCUT2D eigenvalue weighted by molar-refractivity contribution is 5.69. The molecule has 4 N–H and O–H groups in total. The summed E-state index contributed by atoms with van der Waals surface area (Å²) in [5.74, 6) is -2.89. The molecule has 11 nitrogen and oxygen atoms in total. The van der Waals surface area contributed by atoms with Crippen molar-refractivity contribution in [2.75, 3.05) is 78.5 Å². The molecule has 1 saturated heterocycles. The molecule has 28 heavy (non-hydrogen) atoms. The van der Waals surface area contributed by atoms with Crippen LogP contribution in [0.25, 0.3) is 0 Å². The normalized spacial score (nSPS) is 20.8. The first-order valence-corrected chi connectivity index (χ1v) is 9.38. The van der Waals surface area contributed by atoms with E-state index in [2.05, 4.69) is 0 Å². The number of rotatable bonds is 8. The Bertz CT molecular complexity index is 486. The van der Waals surface area contributed by atoms with Crippen LogP contribution >= 0.6 is 0 Å². The van der Waals surface area contributed by atoms with Crippen molar-refractivity contribution in [2.45, 2.75) is 13.0 Å². The fraction of sp³-hybridized carbons (Fsp3) is 0.824. The van der Waals surface area contributed by atoms with Crippen molar-refractivity contribution >= 4 is 17.9 Å². The Kier molecular flexibility index (Phi) is 10.9. The Morgan fingerprint density at radius 3 is 1.11 bits per heavy atom. The van der Waals surface area contributed by atoms with Gasteiger partial charge in [0.1, 0.15) is 0 Å². The highest BCUT2D eigenvalue weighted by atomic mass is 16.4. The van der Waals surface area contributed by atoms with E-state index >= 15 is 0 Å². The van der Waals surface area contributed by atoms with Gasteiger partial charge in [0.05, 0.1) is 25.7 Å². The van der Waals surface area contributed by atoms with Crippen LogP contribution in [0.1, 0.15) is 6.92 Å². The summed E-state index contributed by atoms with van der Waals surface area (Å²) < 4.78 is 0. The van der Waals surface area contributed by atoms with Crippen molar-refractivity contribution in [2.24, 2.45) is 0 Å². The summed E-state index contributed by atoms with van der Waals surface area (Å²) in [4.78, 5) is 40.6. The molecular weight excluding hydrogens is 372 g/mol. The van der Waals surface area contributed by atoms with Gasteiger partial charge < -0.3 is 20.4 Å². The topological polar surface area (TPSA) is 145 Å². The average molecular weight is 404 g/mol. The second-order valence-corrected chi connectivity index (χ2v) is 7.16. The molecule has 0 aromatic heterocycles. The van der Waals surface area contributed by atoms with Gasteiger partial charge in [-0.15, -0.1) is 0 Å². The Balaban J connectivity index is 2.89. The van der Waals surface area contributed by atoms with Crippen LogP contribution in [0.3, 0.4) is 0 Å². The van der Waals surface area contributed by atoms with Gasteiger partial charge in [0.2, 0.25) is 0 Å². The van der Waals surface area contributed by atoms with E-state index < -0.39 is 24.0 Å². The van der Waals surface area contributed by atoms with E-state index in [1.54, 1.807) is 21.6 Å². The van der Waals surface area contributed by atoms with Gasteiger partial charge in [-0.2, -0.15) is 0 Å². The zero-order valence-corrected chi connectivity index (χ0v) is 16.4. The Hall–Kier alpha value is -1.79. The quantitative estimate of drug-likeness (QED) is 0.351. The predicted molar refractivity (Wildman–Crippen MR) is 100 cm³/mol. The molecule has 1 rings (SSSR count). The Morgan fingerprint density at radius 1 is 0.643 bits per heavy atom. The van der Waals surface area contributed by atoms with Crippen molar-refractivity contribution in [1.82, 2.24) is 19.6 Å². The van der Waals surface area contributed by atoms with E-state index in [0.29, 0.717) is 58.9 Å². The van der Waals surface area contributed by atoms with Crippen LogP contribution in [-0.4, -0.2) is 143 Å². The highest BCUT2D eigenvalue weighted by Gasteiger charge is 2.20. The lowest BCUT2D eigenvalue weighted by Crippen LogP contribution is -2.49. The van der Waals surface area contributed by atoms with Crippen molar-refractivity contribution < 1.29 is 34.8 Å². The molecular formula is C17H32N4O7. The molecule has 162 valence electrons. The Labute approximate surface area is 164 Å². The summed E-state index contributed by atoms with van der Waals surface area (Å²) in [6.07, 6.45) is -0.556. The summed E-state index contributed by atoms with van der Waals surface area (Å²) in [7, 11) is 0. The zero-order chi connectivity index (χ0) is 21.1. The van der Waals surface area contributed by atoms with Crippen LogP contribution in [0, 0.1) is 0 Å².